The Hall–Kier alpha value is -1.62. The van der Waals surface area contributed by atoms with Gasteiger partial charge in [-0.15, -0.1) is 12.4 Å². The van der Waals surface area contributed by atoms with Crippen LogP contribution in [0.5, 0.6) is 0 Å². The Kier molecular flexibility index (Phi) is 5.63. The van der Waals surface area contributed by atoms with E-state index in [9.17, 15) is 14.3 Å². The molecule has 0 saturated heterocycles. The van der Waals surface area contributed by atoms with Crippen LogP contribution in [0.3, 0.4) is 0 Å². The Labute approximate surface area is 145 Å². The van der Waals surface area contributed by atoms with E-state index in [0.717, 1.165) is 16.7 Å². The first-order valence-electron chi connectivity index (χ1n) is 7.01. The lowest BCUT2D eigenvalue weighted by atomic mass is 9.93. The molecule has 0 spiro atoms. The monoisotopic (exact) mass is 355 g/mol. The van der Waals surface area contributed by atoms with Gasteiger partial charge < -0.3 is 5.11 Å². The van der Waals surface area contributed by atoms with Crippen LogP contribution in [-0.2, 0) is 24.3 Å². The van der Waals surface area contributed by atoms with Crippen molar-refractivity contribution in [3.05, 3.63) is 70.0 Å². The normalized spacial score (nSPS) is 17.2. The Bertz CT molecular complexity index is 706. The van der Waals surface area contributed by atoms with E-state index >= 15 is 0 Å². The number of hydrogen-bond acceptors (Lipinski definition) is 2. The van der Waals surface area contributed by atoms with Crippen molar-refractivity contribution in [1.82, 2.24) is 4.90 Å². The number of benzene rings is 2. The Morgan fingerprint density at radius 3 is 2.57 bits per heavy atom. The number of carbonyl (C=O) groups is 1. The Morgan fingerprint density at radius 1 is 1.22 bits per heavy atom. The number of hydrogen-bond donors (Lipinski definition) is 1. The maximum absolute atomic E-state index is 13.4. The van der Waals surface area contributed by atoms with Gasteiger partial charge in [-0.05, 0) is 47.4 Å². The van der Waals surface area contributed by atoms with Crippen LogP contribution in [0, 0.1) is 5.82 Å². The van der Waals surface area contributed by atoms with E-state index in [1.807, 2.05) is 17.0 Å². The molecule has 3 rings (SSSR count). The molecule has 1 heterocycles. The predicted octanol–water partition coefficient (Wildman–Crippen LogP) is 3.91. The zero-order chi connectivity index (χ0) is 15.7. The molecule has 1 unspecified atom stereocenters. The van der Waals surface area contributed by atoms with Crippen molar-refractivity contribution in [3.63, 3.8) is 0 Å². The molecule has 2 aromatic rings. The van der Waals surface area contributed by atoms with Crippen LogP contribution in [-0.4, -0.2) is 22.0 Å². The van der Waals surface area contributed by atoms with Crippen molar-refractivity contribution in [3.8, 4) is 0 Å². The highest BCUT2D eigenvalue weighted by Gasteiger charge is 2.31. The number of fused-ring (bicyclic) bond motifs is 1. The van der Waals surface area contributed by atoms with Gasteiger partial charge in [-0.1, -0.05) is 29.8 Å². The van der Waals surface area contributed by atoms with Crippen molar-refractivity contribution < 1.29 is 14.3 Å². The molecule has 0 aliphatic carbocycles. The van der Waals surface area contributed by atoms with E-state index in [-0.39, 0.29) is 18.2 Å². The summed E-state index contributed by atoms with van der Waals surface area (Å²) < 4.78 is 13.4. The smallest absolute Gasteiger partial charge is 0.321 e. The van der Waals surface area contributed by atoms with Gasteiger partial charge in [0.05, 0.1) is 0 Å². The van der Waals surface area contributed by atoms with Crippen molar-refractivity contribution in [2.24, 2.45) is 0 Å². The van der Waals surface area contributed by atoms with Crippen molar-refractivity contribution in [2.75, 3.05) is 0 Å². The summed E-state index contributed by atoms with van der Waals surface area (Å²) in [5, 5.41) is 10.1. The second-order valence-electron chi connectivity index (χ2n) is 5.50. The summed E-state index contributed by atoms with van der Waals surface area (Å²) in [7, 11) is 0. The van der Waals surface area contributed by atoms with Crippen LogP contribution in [0.4, 0.5) is 4.39 Å². The van der Waals surface area contributed by atoms with Crippen LogP contribution in [0.15, 0.2) is 42.5 Å². The highest BCUT2D eigenvalue weighted by Crippen LogP contribution is 2.26. The minimum Gasteiger partial charge on any atom is -0.480 e. The number of aliphatic carboxylic acids is 1. The number of nitrogens with zero attached hydrogens (tertiary/aromatic N) is 1. The summed E-state index contributed by atoms with van der Waals surface area (Å²) in [4.78, 5) is 13.4. The fourth-order valence-corrected chi connectivity index (χ4v) is 2.97. The lowest BCUT2D eigenvalue weighted by Gasteiger charge is -2.34. The second-order valence-corrected chi connectivity index (χ2v) is 5.94. The first-order valence-corrected chi connectivity index (χ1v) is 7.39. The summed E-state index contributed by atoms with van der Waals surface area (Å²) in [6, 6.07) is 11.3. The van der Waals surface area contributed by atoms with E-state index in [1.54, 1.807) is 18.2 Å². The summed E-state index contributed by atoms with van der Waals surface area (Å²) >= 11 is 5.87. The topological polar surface area (TPSA) is 40.5 Å². The lowest BCUT2D eigenvalue weighted by Crippen LogP contribution is -2.45. The van der Waals surface area contributed by atoms with E-state index in [4.69, 9.17) is 11.6 Å². The average Bonchev–Trinajstić information content (AvgIpc) is 2.48. The summed E-state index contributed by atoms with van der Waals surface area (Å²) in [5.74, 6) is -1.15. The number of carboxylic acid groups (broad SMARTS) is 1. The molecule has 0 saturated carbocycles. The fraction of sp³-hybridized carbons (Fsp3) is 0.235. The minimum absolute atomic E-state index is 0. The molecule has 6 heteroatoms. The molecule has 1 aliphatic rings. The van der Waals surface area contributed by atoms with E-state index < -0.39 is 12.0 Å². The number of halogens is 3. The van der Waals surface area contributed by atoms with Gasteiger partial charge >= 0.3 is 5.97 Å². The molecule has 2 aromatic carbocycles. The van der Waals surface area contributed by atoms with Gasteiger partial charge in [-0.25, -0.2) is 4.39 Å². The van der Waals surface area contributed by atoms with Gasteiger partial charge in [0.15, 0.2) is 0 Å². The van der Waals surface area contributed by atoms with Crippen LogP contribution in [0.25, 0.3) is 0 Å². The Balaban J connectivity index is 0.00000192. The quantitative estimate of drug-likeness (QED) is 0.907. The van der Waals surface area contributed by atoms with Gasteiger partial charge in [0.2, 0.25) is 0 Å². The molecule has 1 N–H and O–H groups in total. The second kappa shape index (κ2) is 7.30. The van der Waals surface area contributed by atoms with Crippen LogP contribution < -0.4 is 0 Å². The van der Waals surface area contributed by atoms with Gasteiger partial charge in [-0.2, -0.15) is 0 Å². The summed E-state index contributed by atoms with van der Waals surface area (Å²) in [6.07, 6.45) is 0.387. The lowest BCUT2D eigenvalue weighted by molar-refractivity contribution is -0.144. The maximum atomic E-state index is 13.4. The third-order valence-electron chi connectivity index (χ3n) is 3.98. The molecule has 3 nitrogen and oxygen atoms in total. The van der Waals surface area contributed by atoms with Crippen LogP contribution in [0.1, 0.15) is 16.7 Å². The molecular weight excluding hydrogens is 340 g/mol. The molecule has 0 fully saturated rings. The molecule has 1 aliphatic heterocycles. The highest BCUT2D eigenvalue weighted by molar-refractivity contribution is 6.30. The molecular formula is C17H16Cl2FNO2. The summed E-state index contributed by atoms with van der Waals surface area (Å²) in [5.41, 5.74) is 2.74. The van der Waals surface area contributed by atoms with Crippen molar-refractivity contribution in [2.45, 2.75) is 25.6 Å². The third kappa shape index (κ3) is 4.02. The average molecular weight is 356 g/mol. The van der Waals surface area contributed by atoms with Crippen molar-refractivity contribution >= 4 is 30.0 Å². The molecule has 122 valence electrons. The van der Waals surface area contributed by atoms with Gasteiger partial charge in [0.25, 0.3) is 0 Å². The Morgan fingerprint density at radius 2 is 1.91 bits per heavy atom. The standard InChI is InChI=1S/C17H15ClFNO2.ClH/c18-14-4-1-11(2-5-14)9-20-10-13-7-15(19)6-3-12(13)8-16(20)17(21)22;/h1-7,16H,8-10H2,(H,21,22);1H. The molecule has 1 atom stereocenters. The third-order valence-corrected chi connectivity index (χ3v) is 4.23. The van der Waals surface area contributed by atoms with Gasteiger partial charge in [0, 0.05) is 18.1 Å². The minimum atomic E-state index is -0.857. The van der Waals surface area contributed by atoms with E-state index in [0.29, 0.717) is 24.5 Å². The molecule has 0 bridgehead atoms. The molecule has 0 aromatic heterocycles. The maximum Gasteiger partial charge on any atom is 0.321 e. The fourth-order valence-electron chi connectivity index (χ4n) is 2.84. The molecule has 0 amide bonds. The molecule has 0 radical (unpaired) electrons. The van der Waals surface area contributed by atoms with Gasteiger partial charge in [0.1, 0.15) is 11.9 Å². The first kappa shape index (κ1) is 17.7. The SMILES string of the molecule is Cl.O=C(O)C1Cc2ccc(F)cc2CN1Cc1ccc(Cl)cc1. The van der Waals surface area contributed by atoms with E-state index in [1.165, 1.54) is 12.1 Å². The highest BCUT2D eigenvalue weighted by atomic mass is 35.5. The zero-order valence-electron chi connectivity index (χ0n) is 12.2. The van der Waals surface area contributed by atoms with Crippen LogP contribution >= 0.6 is 24.0 Å². The van der Waals surface area contributed by atoms with Gasteiger partial charge in [-0.3, -0.25) is 9.69 Å². The predicted molar refractivity (Wildman–Crippen MR) is 89.5 cm³/mol. The zero-order valence-corrected chi connectivity index (χ0v) is 13.8. The largest absolute Gasteiger partial charge is 0.480 e. The van der Waals surface area contributed by atoms with Crippen molar-refractivity contribution in [1.29, 1.82) is 0 Å². The molecule has 23 heavy (non-hydrogen) atoms. The van der Waals surface area contributed by atoms with Crippen LogP contribution in [0.2, 0.25) is 5.02 Å². The number of carboxylic acids is 1. The summed E-state index contributed by atoms with van der Waals surface area (Å²) in [6.45, 7) is 0.913. The number of rotatable bonds is 3. The van der Waals surface area contributed by atoms with E-state index in [2.05, 4.69) is 0 Å². The first-order chi connectivity index (χ1) is 10.5.